The van der Waals surface area contributed by atoms with E-state index in [2.05, 4.69) is 93.7 Å². The summed E-state index contributed by atoms with van der Waals surface area (Å²) in [6, 6.07) is 0. The summed E-state index contributed by atoms with van der Waals surface area (Å²) in [5.74, 6) is -0.865. The molecule has 0 aromatic carbocycles. The van der Waals surface area contributed by atoms with Crippen molar-refractivity contribution in [1.82, 2.24) is 0 Å². The Morgan fingerprint density at radius 3 is 0.827 bits per heavy atom. The number of carbonyl (C=O) groups excluding carboxylic acids is 3. The van der Waals surface area contributed by atoms with Gasteiger partial charge in [0.05, 0.1) is 0 Å². The SMILES string of the molecule is CC/C=C\C/C=C\C/C=C\C/C=C\C/C=C\CCCCCCCCCCCCCCCC(=O)OCC(COC(=O)CCCCCCCCCCCC)OC(=O)CCCCCCCCC/C=C\CCCCCCCCC. The van der Waals surface area contributed by atoms with Crippen LogP contribution >= 0.6 is 0 Å². The zero-order chi connectivity index (χ0) is 54.3. The van der Waals surface area contributed by atoms with Gasteiger partial charge in [-0.3, -0.25) is 14.4 Å². The van der Waals surface area contributed by atoms with Gasteiger partial charge in [0.2, 0.25) is 0 Å². The normalized spacial score (nSPS) is 12.5. The van der Waals surface area contributed by atoms with E-state index >= 15 is 0 Å². The number of esters is 3. The van der Waals surface area contributed by atoms with Crippen LogP contribution in [0.25, 0.3) is 0 Å². The molecule has 6 nitrogen and oxygen atoms in total. The van der Waals surface area contributed by atoms with Crippen LogP contribution in [0.3, 0.4) is 0 Å². The Morgan fingerprint density at radius 2 is 0.520 bits per heavy atom. The van der Waals surface area contributed by atoms with Crippen LogP contribution in [0.4, 0.5) is 0 Å². The number of rotatable bonds is 59. The fourth-order valence-electron chi connectivity index (χ4n) is 9.35. The van der Waals surface area contributed by atoms with E-state index in [0.717, 1.165) is 89.9 Å². The zero-order valence-electron chi connectivity index (χ0n) is 49.8. The van der Waals surface area contributed by atoms with Crippen molar-refractivity contribution in [3.8, 4) is 0 Å². The highest BCUT2D eigenvalue weighted by molar-refractivity contribution is 5.71. The molecule has 0 amide bonds. The molecule has 0 aliphatic carbocycles. The predicted octanol–water partition coefficient (Wildman–Crippen LogP) is 22.1. The van der Waals surface area contributed by atoms with E-state index in [9.17, 15) is 14.4 Å². The Hall–Kier alpha value is -3.15. The molecule has 0 N–H and O–H groups in total. The maximum atomic E-state index is 12.9. The van der Waals surface area contributed by atoms with Gasteiger partial charge in [0, 0.05) is 19.3 Å². The van der Waals surface area contributed by atoms with Crippen LogP contribution < -0.4 is 0 Å². The van der Waals surface area contributed by atoms with Crippen molar-refractivity contribution >= 4 is 17.9 Å². The average molecular weight is 1050 g/mol. The second kappa shape index (κ2) is 63.4. The highest BCUT2D eigenvalue weighted by atomic mass is 16.6. The quantitative estimate of drug-likeness (QED) is 0.0261. The van der Waals surface area contributed by atoms with E-state index in [-0.39, 0.29) is 31.1 Å². The second-order valence-corrected chi connectivity index (χ2v) is 21.6. The third-order valence-corrected chi connectivity index (χ3v) is 14.2. The zero-order valence-corrected chi connectivity index (χ0v) is 49.8. The summed E-state index contributed by atoms with van der Waals surface area (Å²) >= 11 is 0. The van der Waals surface area contributed by atoms with Crippen molar-refractivity contribution < 1.29 is 28.6 Å². The van der Waals surface area contributed by atoms with Crippen LogP contribution in [0.1, 0.15) is 329 Å². The van der Waals surface area contributed by atoms with Crippen molar-refractivity contribution in [3.63, 3.8) is 0 Å². The molecule has 0 bridgehead atoms. The molecule has 1 atom stereocenters. The molecule has 0 saturated carbocycles. The largest absolute Gasteiger partial charge is 0.462 e. The van der Waals surface area contributed by atoms with E-state index in [1.165, 1.54) is 199 Å². The lowest BCUT2D eigenvalue weighted by Crippen LogP contribution is -2.30. The number of unbranched alkanes of at least 4 members (excludes halogenated alkanes) is 36. The molecular formula is C69H122O6. The molecule has 75 heavy (non-hydrogen) atoms. The molecule has 0 aliphatic rings. The minimum absolute atomic E-state index is 0.0731. The molecule has 0 fully saturated rings. The Kier molecular flexibility index (Phi) is 60.7. The number of carbonyl (C=O) groups is 3. The Balaban J connectivity index is 4.18. The molecular weight excluding hydrogens is 925 g/mol. The minimum Gasteiger partial charge on any atom is -0.462 e. The number of hydrogen-bond donors (Lipinski definition) is 0. The first kappa shape index (κ1) is 71.8. The summed E-state index contributed by atoms with van der Waals surface area (Å²) < 4.78 is 16.9. The van der Waals surface area contributed by atoms with Gasteiger partial charge in [0.1, 0.15) is 13.2 Å². The molecule has 0 rings (SSSR count). The monoisotopic (exact) mass is 1050 g/mol. The second-order valence-electron chi connectivity index (χ2n) is 21.6. The topological polar surface area (TPSA) is 78.9 Å². The van der Waals surface area contributed by atoms with Gasteiger partial charge in [-0.25, -0.2) is 0 Å². The van der Waals surface area contributed by atoms with Gasteiger partial charge in [-0.2, -0.15) is 0 Å². The number of ether oxygens (including phenoxy) is 3. The summed E-state index contributed by atoms with van der Waals surface area (Å²) in [6.45, 7) is 6.54. The first-order valence-electron chi connectivity index (χ1n) is 32.4. The molecule has 6 heteroatoms. The molecule has 0 radical (unpaired) electrons. The van der Waals surface area contributed by atoms with E-state index < -0.39 is 6.10 Å². The Labute approximate surface area is 465 Å². The Bertz CT molecular complexity index is 1390. The first-order chi connectivity index (χ1) is 37.0. The lowest BCUT2D eigenvalue weighted by atomic mass is 10.0. The lowest BCUT2D eigenvalue weighted by molar-refractivity contribution is -0.167. The molecule has 0 spiro atoms. The summed E-state index contributed by atoms with van der Waals surface area (Å²) in [4.78, 5) is 38.2. The minimum atomic E-state index is -0.775. The van der Waals surface area contributed by atoms with E-state index in [1.807, 2.05) is 0 Å². The van der Waals surface area contributed by atoms with Crippen molar-refractivity contribution in [2.24, 2.45) is 0 Å². The highest BCUT2D eigenvalue weighted by Crippen LogP contribution is 2.17. The maximum absolute atomic E-state index is 12.9. The number of hydrogen-bond acceptors (Lipinski definition) is 6. The third-order valence-electron chi connectivity index (χ3n) is 14.2. The molecule has 1 unspecified atom stereocenters. The van der Waals surface area contributed by atoms with Crippen LogP contribution in [0.5, 0.6) is 0 Å². The van der Waals surface area contributed by atoms with Gasteiger partial charge in [0.25, 0.3) is 0 Å². The fourth-order valence-corrected chi connectivity index (χ4v) is 9.35. The standard InChI is InChI=1S/C69H122O6/c1-4-7-10-13-16-19-22-24-26-28-30-31-32-33-34-35-36-37-38-39-40-42-43-45-47-50-53-56-59-62-68(71)74-65-66(64-73-67(70)61-58-55-52-49-21-18-15-12-9-6-3)75-69(72)63-60-57-54-51-48-46-44-41-29-27-25-23-20-17-14-11-8-5-2/h7,10,16,19,24,26-27,29-31,33-34,66H,4-6,8-9,11-15,17-18,20-23,25,28,32,35-65H2,1-3H3/b10-7-,19-16-,26-24-,29-27-,31-30-,34-33-. The predicted molar refractivity (Wildman–Crippen MR) is 325 cm³/mol. The van der Waals surface area contributed by atoms with Crippen LogP contribution in [-0.2, 0) is 28.6 Å². The summed E-state index contributed by atoms with van der Waals surface area (Å²) in [5.41, 5.74) is 0. The average Bonchev–Trinajstić information content (AvgIpc) is 3.41. The van der Waals surface area contributed by atoms with Crippen molar-refractivity contribution in [1.29, 1.82) is 0 Å². The smallest absolute Gasteiger partial charge is 0.306 e. The molecule has 0 aromatic rings. The summed E-state index contributed by atoms with van der Waals surface area (Å²) in [7, 11) is 0. The van der Waals surface area contributed by atoms with Crippen LogP contribution in [0.2, 0.25) is 0 Å². The van der Waals surface area contributed by atoms with Gasteiger partial charge in [0.15, 0.2) is 6.10 Å². The van der Waals surface area contributed by atoms with Gasteiger partial charge < -0.3 is 14.2 Å². The maximum Gasteiger partial charge on any atom is 0.306 e. The van der Waals surface area contributed by atoms with E-state index in [4.69, 9.17) is 14.2 Å². The van der Waals surface area contributed by atoms with Crippen LogP contribution in [0, 0.1) is 0 Å². The van der Waals surface area contributed by atoms with E-state index in [0.29, 0.717) is 19.3 Å². The molecule has 0 aliphatic heterocycles. The Morgan fingerprint density at radius 1 is 0.280 bits per heavy atom. The van der Waals surface area contributed by atoms with Crippen LogP contribution in [-0.4, -0.2) is 37.2 Å². The lowest BCUT2D eigenvalue weighted by Gasteiger charge is -2.18. The molecule has 434 valence electrons. The van der Waals surface area contributed by atoms with Gasteiger partial charge in [-0.1, -0.05) is 293 Å². The van der Waals surface area contributed by atoms with Gasteiger partial charge in [-0.15, -0.1) is 0 Å². The van der Waals surface area contributed by atoms with Gasteiger partial charge in [-0.05, 0) is 89.9 Å². The molecule has 0 saturated heterocycles. The fraction of sp³-hybridized carbons (Fsp3) is 0.783. The summed E-state index contributed by atoms with van der Waals surface area (Å²) in [6.07, 6.45) is 82.0. The van der Waals surface area contributed by atoms with Crippen LogP contribution in [0.15, 0.2) is 72.9 Å². The molecule has 0 heterocycles. The molecule has 0 aromatic heterocycles. The van der Waals surface area contributed by atoms with Crippen molar-refractivity contribution in [2.45, 2.75) is 335 Å². The van der Waals surface area contributed by atoms with E-state index in [1.54, 1.807) is 0 Å². The van der Waals surface area contributed by atoms with Crippen molar-refractivity contribution in [3.05, 3.63) is 72.9 Å². The highest BCUT2D eigenvalue weighted by Gasteiger charge is 2.19. The first-order valence-corrected chi connectivity index (χ1v) is 32.4. The van der Waals surface area contributed by atoms with Gasteiger partial charge >= 0.3 is 17.9 Å². The third kappa shape index (κ3) is 61.6. The summed E-state index contributed by atoms with van der Waals surface area (Å²) in [5, 5.41) is 0. The van der Waals surface area contributed by atoms with Crippen molar-refractivity contribution in [2.75, 3.05) is 13.2 Å². The number of allylic oxidation sites excluding steroid dienone is 12.